The maximum Gasteiger partial charge on any atom is 0.330 e. The number of fused-ring (bicyclic) bond motifs is 1. The number of rotatable bonds is 5. The lowest BCUT2D eigenvalue weighted by Crippen LogP contribution is -2.39. The Morgan fingerprint density at radius 1 is 1.28 bits per heavy atom. The summed E-state index contributed by atoms with van der Waals surface area (Å²) in [5.41, 5.74) is 3.64. The van der Waals surface area contributed by atoms with Gasteiger partial charge in [-0.3, -0.25) is 0 Å². The Kier molecular flexibility index (Phi) is 5.49. The Morgan fingerprint density at radius 3 is 2.59 bits per heavy atom. The molecule has 29 heavy (non-hydrogen) atoms. The SMILES string of the molecule is CCOC(=O)C=C(C)C=C[C@@H]1C[C@]1(C)C1Oc2c(C(C)(C)C)cccc2C1(C)C. The van der Waals surface area contributed by atoms with Gasteiger partial charge in [0.15, 0.2) is 0 Å². The molecule has 0 spiro atoms. The molecular weight excluding hydrogens is 360 g/mol. The van der Waals surface area contributed by atoms with Crippen molar-refractivity contribution in [3.8, 4) is 5.75 Å². The van der Waals surface area contributed by atoms with E-state index in [0.717, 1.165) is 17.7 Å². The van der Waals surface area contributed by atoms with Crippen molar-refractivity contribution in [2.24, 2.45) is 11.3 Å². The Hall–Kier alpha value is -2.03. The van der Waals surface area contributed by atoms with E-state index in [1.54, 1.807) is 6.08 Å². The summed E-state index contributed by atoms with van der Waals surface area (Å²) in [5, 5.41) is 0. The summed E-state index contributed by atoms with van der Waals surface area (Å²) in [4.78, 5) is 11.6. The van der Waals surface area contributed by atoms with Crippen molar-refractivity contribution in [2.75, 3.05) is 6.61 Å². The van der Waals surface area contributed by atoms with E-state index in [0.29, 0.717) is 12.5 Å². The van der Waals surface area contributed by atoms with E-state index >= 15 is 0 Å². The average Bonchev–Trinajstić information content (AvgIpc) is 3.18. The lowest BCUT2D eigenvalue weighted by molar-refractivity contribution is -0.137. The largest absolute Gasteiger partial charge is 0.488 e. The molecule has 1 fully saturated rings. The van der Waals surface area contributed by atoms with Gasteiger partial charge in [-0.1, -0.05) is 71.9 Å². The van der Waals surface area contributed by atoms with Gasteiger partial charge >= 0.3 is 5.97 Å². The molecule has 3 rings (SSSR count). The van der Waals surface area contributed by atoms with Crippen LogP contribution in [-0.4, -0.2) is 18.7 Å². The van der Waals surface area contributed by atoms with E-state index in [1.165, 1.54) is 11.1 Å². The van der Waals surface area contributed by atoms with Crippen molar-refractivity contribution in [3.05, 3.63) is 53.1 Å². The second-order valence-corrected chi connectivity index (χ2v) is 10.5. The Balaban J connectivity index is 1.80. The first kappa shape index (κ1) is 21.7. The Labute approximate surface area is 176 Å². The molecule has 1 heterocycles. The van der Waals surface area contributed by atoms with Gasteiger partial charge in [0.1, 0.15) is 11.9 Å². The van der Waals surface area contributed by atoms with Crippen molar-refractivity contribution < 1.29 is 14.3 Å². The maximum atomic E-state index is 11.6. The fourth-order valence-electron chi connectivity index (χ4n) is 4.82. The number of carbonyl (C=O) groups excluding carboxylic acids is 1. The second-order valence-electron chi connectivity index (χ2n) is 10.5. The van der Waals surface area contributed by atoms with Gasteiger partial charge in [0, 0.05) is 22.5 Å². The van der Waals surface area contributed by atoms with Gasteiger partial charge in [-0.05, 0) is 42.7 Å². The molecular formula is C26H36O3. The summed E-state index contributed by atoms with van der Waals surface area (Å²) in [7, 11) is 0. The predicted molar refractivity (Wildman–Crippen MR) is 118 cm³/mol. The van der Waals surface area contributed by atoms with E-state index in [9.17, 15) is 4.79 Å². The van der Waals surface area contributed by atoms with Crippen LogP contribution in [0.25, 0.3) is 0 Å². The number of benzene rings is 1. The minimum absolute atomic E-state index is 0.0379. The number of hydrogen-bond donors (Lipinski definition) is 0. The number of hydrogen-bond acceptors (Lipinski definition) is 3. The van der Waals surface area contributed by atoms with Crippen LogP contribution in [0.3, 0.4) is 0 Å². The maximum absolute atomic E-state index is 11.6. The van der Waals surface area contributed by atoms with E-state index in [1.807, 2.05) is 19.9 Å². The summed E-state index contributed by atoms with van der Waals surface area (Å²) < 4.78 is 11.7. The molecule has 1 aliphatic carbocycles. The van der Waals surface area contributed by atoms with Crippen LogP contribution in [0.15, 0.2) is 42.0 Å². The molecule has 0 radical (unpaired) electrons. The smallest absolute Gasteiger partial charge is 0.330 e. The minimum atomic E-state index is -0.279. The molecule has 0 aromatic heterocycles. The van der Waals surface area contributed by atoms with Crippen LogP contribution < -0.4 is 4.74 Å². The molecule has 3 atom stereocenters. The number of allylic oxidation sites excluding steroid dienone is 3. The topological polar surface area (TPSA) is 35.5 Å². The molecule has 1 aliphatic heterocycles. The van der Waals surface area contributed by atoms with Crippen molar-refractivity contribution in [3.63, 3.8) is 0 Å². The zero-order chi connectivity index (χ0) is 21.6. The fourth-order valence-corrected chi connectivity index (χ4v) is 4.82. The third-order valence-electron chi connectivity index (χ3n) is 6.58. The van der Waals surface area contributed by atoms with Crippen LogP contribution in [-0.2, 0) is 20.4 Å². The molecule has 0 amide bonds. The quantitative estimate of drug-likeness (QED) is 0.342. The van der Waals surface area contributed by atoms with Crippen LogP contribution in [0.2, 0.25) is 0 Å². The molecule has 2 aliphatic rings. The van der Waals surface area contributed by atoms with E-state index < -0.39 is 0 Å². The average molecular weight is 397 g/mol. The molecule has 0 saturated heterocycles. The van der Waals surface area contributed by atoms with Gasteiger partial charge < -0.3 is 9.47 Å². The monoisotopic (exact) mass is 396 g/mol. The van der Waals surface area contributed by atoms with Gasteiger partial charge in [0.05, 0.1) is 6.61 Å². The highest BCUT2D eigenvalue weighted by atomic mass is 16.5. The van der Waals surface area contributed by atoms with Gasteiger partial charge in [-0.2, -0.15) is 0 Å². The first-order valence-corrected chi connectivity index (χ1v) is 10.7. The number of carbonyl (C=O) groups is 1. The summed E-state index contributed by atoms with van der Waals surface area (Å²) in [6.45, 7) is 17.9. The Morgan fingerprint density at radius 2 is 1.97 bits per heavy atom. The highest BCUT2D eigenvalue weighted by Crippen LogP contribution is 2.64. The van der Waals surface area contributed by atoms with Gasteiger partial charge in [-0.25, -0.2) is 4.79 Å². The van der Waals surface area contributed by atoms with Gasteiger partial charge in [-0.15, -0.1) is 0 Å². The summed E-state index contributed by atoms with van der Waals surface area (Å²) in [6, 6.07) is 6.60. The summed E-state index contributed by atoms with van der Waals surface area (Å²) >= 11 is 0. The minimum Gasteiger partial charge on any atom is -0.488 e. The summed E-state index contributed by atoms with van der Waals surface area (Å²) in [5.74, 6) is 1.26. The first-order valence-electron chi connectivity index (χ1n) is 10.7. The molecule has 1 saturated carbocycles. The lowest BCUT2D eigenvalue weighted by atomic mass is 9.73. The molecule has 3 nitrogen and oxygen atoms in total. The fraction of sp³-hybridized carbons (Fsp3) is 0.577. The molecule has 0 bridgehead atoms. The van der Waals surface area contributed by atoms with Crippen LogP contribution in [0.4, 0.5) is 0 Å². The lowest BCUT2D eigenvalue weighted by Gasteiger charge is -2.31. The van der Waals surface area contributed by atoms with E-state index in [-0.39, 0.29) is 28.3 Å². The Bertz CT molecular complexity index is 853. The van der Waals surface area contributed by atoms with Gasteiger partial charge in [0.2, 0.25) is 0 Å². The third kappa shape index (κ3) is 4.01. The third-order valence-corrected chi connectivity index (χ3v) is 6.58. The number of esters is 1. The molecule has 0 N–H and O–H groups in total. The highest BCUT2D eigenvalue weighted by Gasteiger charge is 2.62. The first-order chi connectivity index (χ1) is 13.4. The van der Waals surface area contributed by atoms with Crippen molar-refractivity contribution in [2.45, 2.75) is 78.7 Å². The van der Waals surface area contributed by atoms with Crippen LogP contribution >= 0.6 is 0 Å². The standard InChI is InChI=1S/C26H36O3/c1-9-28-21(27)15-17(2)13-14-18-16-26(18,8)23-25(6,7)20-12-10-11-19(22(20)29-23)24(3,4)5/h10-15,18,23H,9,16H2,1-8H3/t18-,23?,26+/m1/s1. The predicted octanol–water partition coefficient (Wildman–Crippen LogP) is 6.11. The van der Waals surface area contributed by atoms with E-state index in [4.69, 9.17) is 9.47 Å². The van der Waals surface area contributed by atoms with Crippen molar-refractivity contribution in [1.29, 1.82) is 0 Å². The van der Waals surface area contributed by atoms with Crippen molar-refractivity contribution in [1.82, 2.24) is 0 Å². The van der Waals surface area contributed by atoms with Crippen LogP contribution in [0, 0.1) is 11.3 Å². The second kappa shape index (κ2) is 7.34. The number of para-hydroxylation sites is 1. The van der Waals surface area contributed by atoms with Crippen LogP contribution in [0.5, 0.6) is 5.75 Å². The van der Waals surface area contributed by atoms with Crippen molar-refractivity contribution >= 4 is 5.97 Å². The van der Waals surface area contributed by atoms with Gasteiger partial charge in [0.25, 0.3) is 0 Å². The molecule has 1 aromatic carbocycles. The molecule has 3 heteroatoms. The number of ether oxygens (including phenoxy) is 2. The highest BCUT2D eigenvalue weighted by molar-refractivity contribution is 5.83. The molecule has 1 unspecified atom stereocenters. The van der Waals surface area contributed by atoms with E-state index in [2.05, 4.69) is 65.8 Å². The summed E-state index contributed by atoms with van der Waals surface area (Å²) in [6.07, 6.45) is 7.07. The molecule has 158 valence electrons. The van der Waals surface area contributed by atoms with Crippen LogP contribution in [0.1, 0.15) is 72.9 Å². The molecule has 1 aromatic rings. The normalized spacial score (nSPS) is 28.2. The zero-order valence-corrected chi connectivity index (χ0v) is 19.3. The zero-order valence-electron chi connectivity index (χ0n) is 19.3.